The van der Waals surface area contributed by atoms with Gasteiger partial charge in [0.15, 0.2) is 0 Å². The molecular formula is C15H17NO3S. The van der Waals surface area contributed by atoms with E-state index in [0.717, 1.165) is 40.1 Å². The van der Waals surface area contributed by atoms with E-state index in [4.69, 9.17) is 5.11 Å². The zero-order valence-electron chi connectivity index (χ0n) is 11.1. The molecule has 0 saturated carbocycles. The van der Waals surface area contributed by atoms with Gasteiger partial charge in [-0.15, -0.1) is 11.8 Å². The maximum atomic E-state index is 11.5. The van der Waals surface area contributed by atoms with Gasteiger partial charge in [-0.2, -0.15) is 0 Å². The van der Waals surface area contributed by atoms with Gasteiger partial charge in [-0.1, -0.05) is 0 Å². The molecule has 2 aromatic rings. The van der Waals surface area contributed by atoms with Crippen molar-refractivity contribution in [2.75, 3.05) is 12.4 Å². The van der Waals surface area contributed by atoms with Crippen molar-refractivity contribution in [1.29, 1.82) is 0 Å². The van der Waals surface area contributed by atoms with Crippen LogP contribution < -0.4 is 0 Å². The lowest BCUT2D eigenvalue weighted by Crippen LogP contribution is -2.05. The number of aromatic nitrogens is 1. The first kappa shape index (κ1) is 13.5. The van der Waals surface area contributed by atoms with Gasteiger partial charge in [-0.3, -0.25) is 0 Å². The topological polar surface area (TPSA) is 62.5 Å². The molecule has 0 atom stereocenters. The number of carbonyl (C=O) groups is 1. The van der Waals surface area contributed by atoms with Crippen LogP contribution in [0, 0.1) is 0 Å². The normalized spacial score (nSPS) is 14.4. The van der Waals surface area contributed by atoms with Crippen LogP contribution in [0.1, 0.15) is 28.8 Å². The number of aliphatic hydroxyl groups is 1. The third-order valence-corrected chi connectivity index (χ3v) is 4.85. The average molecular weight is 291 g/mol. The molecule has 0 radical (unpaired) electrons. The van der Waals surface area contributed by atoms with Crippen molar-refractivity contribution in [1.82, 2.24) is 4.57 Å². The van der Waals surface area contributed by atoms with Crippen molar-refractivity contribution in [3.8, 4) is 0 Å². The van der Waals surface area contributed by atoms with E-state index in [-0.39, 0.29) is 6.61 Å². The van der Waals surface area contributed by atoms with Crippen LogP contribution >= 0.6 is 11.8 Å². The Morgan fingerprint density at radius 3 is 3.05 bits per heavy atom. The predicted octanol–water partition coefficient (Wildman–Crippen LogP) is 2.76. The van der Waals surface area contributed by atoms with Gasteiger partial charge in [-0.05, 0) is 42.7 Å². The van der Waals surface area contributed by atoms with E-state index in [9.17, 15) is 9.90 Å². The largest absolute Gasteiger partial charge is 0.478 e. The van der Waals surface area contributed by atoms with Gasteiger partial charge in [0.1, 0.15) is 0 Å². The van der Waals surface area contributed by atoms with E-state index in [0.29, 0.717) is 18.4 Å². The van der Waals surface area contributed by atoms with Crippen LogP contribution in [0.5, 0.6) is 0 Å². The maximum absolute atomic E-state index is 11.5. The Labute approximate surface area is 121 Å². The summed E-state index contributed by atoms with van der Waals surface area (Å²) in [5, 5.41) is 19.5. The highest BCUT2D eigenvalue weighted by Crippen LogP contribution is 2.36. The van der Waals surface area contributed by atoms with Crippen LogP contribution in [0.4, 0.5) is 0 Å². The summed E-state index contributed by atoms with van der Waals surface area (Å²) < 4.78 is 2.22. The van der Waals surface area contributed by atoms with Gasteiger partial charge in [0.05, 0.1) is 11.1 Å². The maximum Gasteiger partial charge on any atom is 0.336 e. The summed E-state index contributed by atoms with van der Waals surface area (Å²) in [4.78, 5) is 12.6. The van der Waals surface area contributed by atoms with Crippen LogP contribution in [0.25, 0.3) is 10.9 Å². The number of carboxylic acids is 1. The predicted molar refractivity (Wildman–Crippen MR) is 79.6 cm³/mol. The van der Waals surface area contributed by atoms with Crippen molar-refractivity contribution in [3.05, 3.63) is 29.5 Å². The molecule has 0 spiro atoms. The molecule has 1 aromatic heterocycles. The van der Waals surface area contributed by atoms with Gasteiger partial charge >= 0.3 is 5.97 Å². The number of aromatic carboxylic acids is 1. The lowest BCUT2D eigenvalue weighted by Gasteiger charge is -2.12. The second-order valence-corrected chi connectivity index (χ2v) is 6.14. The van der Waals surface area contributed by atoms with E-state index in [1.54, 1.807) is 11.8 Å². The summed E-state index contributed by atoms with van der Waals surface area (Å²) in [5.41, 5.74) is 2.39. The van der Waals surface area contributed by atoms with Crippen molar-refractivity contribution >= 4 is 28.6 Å². The summed E-state index contributed by atoms with van der Waals surface area (Å²) >= 11 is 1.74. The van der Waals surface area contributed by atoms with E-state index in [2.05, 4.69) is 4.57 Å². The van der Waals surface area contributed by atoms with Gasteiger partial charge in [-0.25, -0.2) is 4.79 Å². The van der Waals surface area contributed by atoms with Crippen molar-refractivity contribution in [2.24, 2.45) is 0 Å². The molecule has 5 heteroatoms. The monoisotopic (exact) mass is 291 g/mol. The summed E-state index contributed by atoms with van der Waals surface area (Å²) in [5.74, 6) is 0.139. The van der Waals surface area contributed by atoms with E-state index in [1.807, 2.05) is 18.3 Å². The number of thioether (sulfide) groups is 1. The summed E-state index contributed by atoms with van der Waals surface area (Å²) in [7, 11) is 0. The van der Waals surface area contributed by atoms with E-state index >= 15 is 0 Å². The second kappa shape index (κ2) is 5.50. The smallest absolute Gasteiger partial charge is 0.336 e. The number of nitrogens with zero attached hydrogens (tertiary/aromatic N) is 1. The highest BCUT2D eigenvalue weighted by Gasteiger charge is 2.20. The fourth-order valence-corrected chi connectivity index (χ4v) is 3.91. The molecule has 0 fully saturated rings. The van der Waals surface area contributed by atoms with Gasteiger partial charge in [0, 0.05) is 29.6 Å². The zero-order chi connectivity index (χ0) is 14.1. The van der Waals surface area contributed by atoms with Crippen LogP contribution in [0.3, 0.4) is 0 Å². The van der Waals surface area contributed by atoms with Gasteiger partial charge in [0.25, 0.3) is 0 Å². The molecule has 0 amide bonds. The molecule has 1 aliphatic rings. The molecule has 2 heterocycles. The van der Waals surface area contributed by atoms with Gasteiger partial charge in [0.2, 0.25) is 0 Å². The Bertz CT molecular complexity index is 663. The fraction of sp³-hybridized carbons (Fsp3) is 0.400. The third kappa shape index (κ3) is 2.21. The summed E-state index contributed by atoms with van der Waals surface area (Å²) in [6.07, 6.45) is 4.34. The lowest BCUT2D eigenvalue weighted by atomic mass is 9.98. The molecule has 0 unspecified atom stereocenters. The Hall–Kier alpha value is -1.46. The van der Waals surface area contributed by atoms with Crippen LogP contribution in [0.2, 0.25) is 0 Å². The SMILES string of the molecule is O=C(O)c1cc2c3c(ccn3CCCS2)c1CCCO. The van der Waals surface area contributed by atoms with Crippen molar-refractivity contribution < 1.29 is 15.0 Å². The summed E-state index contributed by atoms with van der Waals surface area (Å²) in [6.45, 7) is 1.06. The molecule has 0 saturated heterocycles. The van der Waals surface area contributed by atoms with Crippen molar-refractivity contribution in [3.63, 3.8) is 0 Å². The number of hydrogen-bond donors (Lipinski definition) is 2. The standard InChI is InChI=1S/C15H17NO3S/c17-7-1-3-10-11-4-6-16-5-2-8-20-13(14(11)16)9-12(10)15(18)19/h4,6,9,17H,1-3,5,7-8H2,(H,18,19). The zero-order valence-corrected chi connectivity index (χ0v) is 11.9. The molecule has 2 N–H and O–H groups in total. The molecule has 4 nitrogen and oxygen atoms in total. The van der Waals surface area contributed by atoms with Crippen LogP contribution in [-0.4, -0.2) is 33.1 Å². The fourth-order valence-electron chi connectivity index (χ4n) is 2.85. The quantitative estimate of drug-likeness (QED) is 0.909. The molecule has 106 valence electrons. The molecule has 0 bridgehead atoms. The molecular weight excluding hydrogens is 274 g/mol. The van der Waals surface area contributed by atoms with Crippen molar-refractivity contribution in [2.45, 2.75) is 30.7 Å². The van der Waals surface area contributed by atoms with Gasteiger partial charge < -0.3 is 14.8 Å². The number of carboxylic acid groups (broad SMARTS) is 1. The Morgan fingerprint density at radius 1 is 1.45 bits per heavy atom. The minimum Gasteiger partial charge on any atom is -0.478 e. The molecule has 1 aromatic carbocycles. The number of aliphatic hydroxyl groups excluding tert-OH is 1. The minimum atomic E-state index is -0.881. The Kier molecular flexibility index (Phi) is 3.72. The molecule has 3 rings (SSSR count). The number of hydrogen-bond acceptors (Lipinski definition) is 3. The third-order valence-electron chi connectivity index (χ3n) is 3.74. The Morgan fingerprint density at radius 2 is 2.30 bits per heavy atom. The highest BCUT2D eigenvalue weighted by atomic mass is 32.2. The number of aryl methyl sites for hydroxylation is 2. The first-order valence-corrected chi connectivity index (χ1v) is 7.82. The van der Waals surface area contributed by atoms with E-state index < -0.39 is 5.97 Å². The molecule has 1 aliphatic heterocycles. The second-order valence-electron chi connectivity index (χ2n) is 5.01. The lowest BCUT2D eigenvalue weighted by molar-refractivity contribution is 0.0695. The van der Waals surface area contributed by atoms with E-state index in [1.165, 1.54) is 0 Å². The minimum absolute atomic E-state index is 0.0811. The first-order chi connectivity index (χ1) is 9.72. The van der Waals surface area contributed by atoms with Crippen LogP contribution in [0.15, 0.2) is 23.2 Å². The summed E-state index contributed by atoms with van der Waals surface area (Å²) in [6, 6.07) is 3.83. The molecule has 20 heavy (non-hydrogen) atoms. The highest BCUT2D eigenvalue weighted by molar-refractivity contribution is 7.99. The Balaban J connectivity index is 2.25. The molecule has 0 aliphatic carbocycles. The van der Waals surface area contributed by atoms with Crippen LogP contribution in [-0.2, 0) is 13.0 Å². The first-order valence-electron chi connectivity index (χ1n) is 6.84. The number of rotatable bonds is 4. The number of benzene rings is 1. The average Bonchev–Trinajstić information content (AvgIpc) is 2.74.